The molecule has 0 aromatic heterocycles. The third-order valence-corrected chi connectivity index (χ3v) is 2.86. The molecule has 1 atom stereocenters. The number of ether oxygens (including phenoxy) is 2. The SMILES string of the molecule is O=Cc1cc(C2=COC(C(=O)O)O2)ccc1Br. The zero-order valence-electron chi connectivity index (χ0n) is 8.42. The molecule has 0 saturated heterocycles. The molecule has 6 heteroatoms. The molecule has 1 N–H and O–H groups in total. The number of carbonyl (C=O) groups is 2. The van der Waals surface area contributed by atoms with E-state index in [1.54, 1.807) is 18.2 Å². The summed E-state index contributed by atoms with van der Waals surface area (Å²) in [5.41, 5.74) is 1.03. The lowest BCUT2D eigenvalue weighted by Gasteiger charge is -2.07. The number of hydrogen-bond donors (Lipinski definition) is 1. The van der Waals surface area contributed by atoms with Crippen LogP contribution in [0.5, 0.6) is 0 Å². The Balaban J connectivity index is 2.25. The molecule has 1 unspecified atom stereocenters. The van der Waals surface area contributed by atoms with Crippen LogP contribution in [0.25, 0.3) is 5.76 Å². The van der Waals surface area contributed by atoms with Gasteiger partial charge in [0.05, 0.1) is 0 Å². The van der Waals surface area contributed by atoms with Crippen molar-refractivity contribution < 1.29 is 24.2 Å². The summed E-state index contributed by atoms with van der Waals surface area (Å²) in [6, 6.07) is 4.95. The van der Waals surface area contributed by atoms with Crippen LogP contribution in [0.1, 0.15) is 15.9 Å². The standard InChI is InChI=1S/C11H7BrO5/c12-8-2-1-6(3-7(8)4-13)9-5-16-11(17-9)10(14)15/h1-5,11H,(H,14,15). The van der Waals surface area contributed by atoms with Crippen LogP contribution in [0.2, 0.25) is 0 Å². The van der Waals surface area contributed by atoms with Gasteiger partial charge in [-0.15, -0.1) is 0 Å². The van der Waals surface area contributed by atoms with Crippen LogP contribution in [-0.4, -0.2) is 23.7 Å². The van der Waals surface area contributed by atoms with Crippen LogP contribution in [0.4, 0.5) is 0 Å². The largest absolute Gasteiger partial charge is 0.476 e. The molecule has 5 nitrogen and oxygen atoms in total. The molecule has 1 aliphatic rings. The number of aliphatic carboxylic acids is 1. The molecule has 1 heterocycles. The number of halogens is 1. The molecule has 0 radical (unpaired) electrons. The van der Waals surface area contributed by atoms with Gasteiger partial charge < -0.3 is 14.6 Å². The van der Waals surface area contributed by atoms with Gasteiger partial charge in [-0.2, -0.15) is 0 Å². The second kappa shape index (κ2) is 4.58. The summed E-state index contributed by atoms with van der Waals surface area (Å²) < 4.78 is 10.5. The van der Waals surface area contributed by atoms with Gasteiger partial charge in [-0.25, -0.2) is 4.79 Å². The first kappa shape index (κ1) is 11.7. The van der Waals surface area contributed by atoms with Crippen LogP contribution < -0.4 is 0 Å². The quantitative estimate of drug-likeness (QED) is 0.864. The minimum Gasteiger partial charge on any atom is -0.476 e. The molecule has 0 bridgehead atoms. The number of carbonyl (C=O) groups excluding carboxylic acids is 1. The van der Waals surface area contributed by atoms with Crippen molar-refractivity contribution in [3.8, 4) is 0 Å². The fourth-order valence-electron chi connectivity index (χ4n) is 1.33. The Kier molecular flexibility index (Phi) is 3.14. The van der Waals surface area contributed by atoms with Crippen LogP contribution in [-0.2, 0) is 14.3 Å². The third kappa shape index (κ3) is 2.31. The minimum absolute atomic E-state index is 0.285. The number of carboxylic acid groups (broad SMARTS) is 1. The first-order valence-corrected chi connectivity index (χ1v) is 5.41. The fraction of sp³-hybridized carbons (Fsp3) is 0.0909. The molecule has 88 valence electrons. The van der Waals surface area contributed by atoms with Crippen molar-refractivity contribution in [2.75, 3.05) is 0 Å². The van der Waals surface area contributed by atoms with Gasteiger partial charge in [0, 0.05) is 15.6 Å². The maximum absolute atomic E-state index is 10.8. The number of rotatable bonds is 3. The summed E-state index contributed by atoms with van der Waals surface area (Å²) in [5.74, 6) is -0.919. The number of benzene rings is 1. The van der Waals surface area contributed by atoms with Crippen molar-refractivity contribution in [1.29, 1.82) is 0 Å². The molecular weight excluding hydrogens is 292 g/mol. The topological polar surface area (TPSA) is 72.8 Å². The Morgan fingerprint density at radius 1 is 1.47 bits per heavy atom. The van der Waals surface area contributed by atoms with Gasteiger partial charge in [0.2, 0.25) is 0 Å². The molecule has 0 spiro atoms. The summed E-state index contributed by atoms with van der Waals surface area (Å²) >= 11 is 3.22. The maximum Gasteiger partial charge on any atom is 0.387 e. The van der Waals surface area contributed by atoms with Gasteiger partial charge in [0.15, 0.2) is 12.0 Å². The monoisotopic (exact) mass is 298 g/mol. The molecule has 1 aliphatic heterocycles. The van der Waals surface area contributed by atoms with E-state index >= 15 is 0 Å². The fourth-order valence-corrected chi connectivity index (χ4v) is 1.67. The lowest BCUT2D eigenvalue weighted by atomic mass is 10.1. The van der Waals surface area contributed by atoms with Crippen LogP contribution >= 0.6 is 15.9 Å². The highest BCUT2D eigenvalue weighted by molar-refractivity contribution is 9.10. The Hall–Kier alpha value is -1.82. The average Bonchev–Trinajstić information content (AvgIpc) is 2.79. The predicted molar refractivity (Wildman–Crippen MR) is 61.1 cm³/mol. The van der Waals surface area contributed by atoms with Gasteiger partial charge in [0.25, 0.3) is 0 Å². The summed E-state index contributed by atoms with van der Waals surface area (Å²) in [4.78, 5) is 21.4. The predicted octanol–water partition coefficient (Wildman–Crippen LogP) is 2.02. The summed E-state index contributed by atoms with van der Waals surface area (Å²) in [6.45, 7) is 0. The summed E-state index contributed by atoms with van der Waals surface area (Å²) in [6.07, 6.45) is 0.586. The van der Waals surface area contributed by atoms with Gasteiger partial charge in [-0.05, 0) is 18.2 Å². The molecule has 0 fully saturated rings. The van der Waals surface area contributed by atoms with Crippen molar-refractivity contribution in [2.24, 2.45) is 0 Å². The first-order chi connectivity index (χ1) is 8.11. The van der Waals surface area contributed by atoms with Gasteiger partial charge >= 0.3 is 12.3 Å². The van der Waals surface area contributed by atoms with E-state index in [9.17, 15) is 9.59 Å². The Morgan fingerprint density at radius 3 is 2.82 bits per heavy atom. The second-order valence-electron chi connectivity index (χ2n) is 3.26. The number of hydrogen-bond acceptors (Lipinski definition) is 4. The Labute approximate surface area is 105 Å². The molecule has 1 aromatic rings. The van der Waals surface area contributed by atoms with Gasteiger partial charge in [0.1, 0.15) is 6.26 Å². The van der Waals surface area contributed by atoms with E-state index in [0.29, 0.717) is 21.9 Å². The molecule has 2 rings (SSSR count). The highest BCUT2D eigenvalue weighted by Crippen LogP contribution is 2.27. The van der Waals surface area contributed by atoms with Crippen LogP contribution in [0.15, 0.2) is 28.9 Å². The summed E-state index contributed by atoms with van der Waals surface area (Å²) in [7, 11) is 0. The molecule has 0 aliphatic carbocycles. The lowest BCUT2D eigenvalue weighted by Crippen LogP contribution is -2.20. The number of carboxylic acids is 1. The molecule has 17 heavy (non-hydrogen) atoms. The zero-order chi connectivity index (χ0) is 12.4. The molecule has 1 aromatic carbocycles. The second-order valence-corrected chi connectivity index (χ2v) is 4.11. The van der Waals surface area contributed by atoms with E-state index in [2.05, 4.69) is 15.9 Å². The van der Waals surface area contributed by atoms with Crippen molar-refractivity contribution in [2.45, 2.75) is 6.29 Å². The maximum atomic E-state index is 10.8. The van der Waals surface area contributed by atoms with E-state index in [1.165, 1.54) is 6.26 Å². The number of aldehydes is 1. The summed E-state index contributed by atoms with van der Waals surface area (Å²) in [5, 5.41) is 8.68. The van der Waals surface area contributed by atoms with Crippen LogP contribution in [0, 0.1) is 0 Å². The van der Waals surface area contributed by atoms with E-state index in [-0.39, 0.29) is 5.76 Å². The first-order valence-electron chi connectivity index (χ1n) is 4.62. The van der Waals surface area contributed by atoms with E-state index in [1.807, 2.05) is 0 Å². The highest BCUT2D eigenvalue weighted by atomic mass is 79.9. The van der Waals surface area contributed by atoms with Crippen LogP contribution in [0.3, 0.4) is 0 Å². The smallest absolute Gasteiger partial charge is 0.387 e. The average molecular weight is 299 g/mol. The molecular formula is C11H7BrO5. The van der Waals surface area contributed by atoms with Crippen molar-refractivity contribution >= 4 is 33.9 Å². The highest BCUT2D eigenvalue weighted by Gasteiger charge is 2.27. The third-order valence-electron chi connectivity index (χ3n) is 2.14. The van der Waals surface area contributed by atoms with E-state index in [0.717, 1.165) is 0 Å². The Bertz CT molecular complexity index is 509. The zero-order valence-corrected chi connectivity index (χ0v) is 10.0. The Morgan fingerprint density at radius 2 is 2.24 bits per heavy atom. The van der Waals surface area contributed by atoms with Crippen molar-refractivity contribution in [3.63, 3.8) is 0 Å². The van der Waals surface area contributed by atoms with Crippen molar-refractivity contribution in [1.82, 2.24) is 0 Å². The van der Waals surface area contributed by atoms with Crippen molar-refractivity contribution in [3.05, 3.63) is 40.1 Å². The van der Waals surface area contributed by atoms with Gasteiger partial charge in [-0.3, -0.25) is 4.79 Å². The molecule has 0 saturated carbocycles. The van der Waals surface area contributed by atoms with Gasteiger partial charge in [-0.1, -0.05) is 15.9 Å². The normalized spacial score (nSPS) is 17.9. The van der Waals surface area contributed by atoms with E-state index < -0.39 is 12.3 Å². The molecule has 0 amide bonds. The minimum atomic E-state index is -1.33. The lowest BCUT2D eigenvalue weighted by molar-refractivity contribution is -0.161. The van der Waals surface area contributed by atoms with E-state index in [4.69, 9.17) is 14.6 Å².